The number of ether oxygens (including phenoxy) is 1. The molecule has 3 rings (SSSR count). The highest BCUT2D eigenvalue weighted by Gasteiger charge is 2.47. The molecule has 9 heteroatoms. The molecule has 0 spiro atoms. The number of allylic oxidation sites excluding steroid dienone is 1. The summed E-state index contributed by atoms with van der Waals surface area (Å²) in [5.41, 5.74) is 0.430. The molecule has 1 unspecified atom stereocenters. The molecular weight excluding hydrogens is 430 g/mol. The van der Waals surface area contributed by atoms with E-state index in [0.717, 1.165) is 24.9 Å². The second-order valence-electron chi connectivity index (χ2n) is 8.94. The molecular formula is C23H35N3O5S. The summed E-state index contributed by atoms with van der Waals surface area (Å²) in [6, 6.07) is 3.08. The van der Waals surface area contributed by atoms with Gasteiger partial charge in [-0.25, -0.2) is 0 Å². The third-order valence-corrected chi connectivity index (χ3v) is 7.10. The molecule has 178 valence electrons. The van der Waals surface area contributed by atoms with Crippen molar-refractivity contribution < 1.29 is 24.9 Å². The van der Waals surface area contributed by atoms with Crippen molar-refractivity contribution >= 4 is 23.7 Å². The van der Waals surface area contributed by atoms with Gasteiger partial charge in [-0.3, -0.25) is 9.78 Å². The van der Waals surface area contributed by atoms with Gasteiger partial charge in [0.2, 0.25) is 5.91 Å². The number of aromatic nitrogens is 1. The van der Waals surface area contributed by atoms with Crippen LogP contribution in [0.4, 0.5) is 0 Å². The van der Waals surface area contributed by atoms with Crippen molar-refractivity contribution in [2.24, 2.45) is 11.8 Å². The Morgan fingerprint density at radius 2 is 2.00 bits per heavy atom. The first-order valence-electron chi connectivity index (χ1n) is 11.1. The number of hydrogen-bond donors (Lipinski definition) is 5. The van der Waals surface area contributed by atoms with Crippen LogP contribution >= 0.6 is 11.8 Å². The van der Waals surface area contributed by atoms with Gasteiger partial charge in [-0.05, 0) is 55.2 Å². The zero-order valence-corrected chi connectivity index (χ0v) is 19.6. The van der Waals surface area contributed by atoms with Crippen molar-refractivity contribution in [1.82, 2.24) is 15.6 Å². The van der Waals surface area contributed by atoms with Crippen LogP contribution in [0, 0.1) is 11.8 Å². The van der Waals surface area contributed by atoms with E-state index in [1.54, 1.807) is 18.6 Å². The Balaban J connectivity index is 1.56. The molecule has 8 atom stereocenters. The monoisotopic (exact) mass is 465 g/mol. The van der Waals surface area contributed by atoms with E-state index in [-0.39, 0.29) is 17.9 Å². The number of hydrogen-bond acceptors (Lipinski definition) is 8. The molecule has 2 aliphatic rings. The molecule has 2 aliphatic heterocycles. The lowest BCUT2D eigenvalue weighted by molar-refractivity contribution is -0.208. The van der Waals surface area contributed by atoms with Gasteiger partial charge in [0.05, 0.1) is 12.1 Å². The first kappa shape index (κ1) is 25.1. The number of pyridine rings is 1. The van der Waals surface area contributed by atoms with Crippen LogP contribution < -0.4 is 10.6 Å². The zero-order valence-electron chi connectivity index (χ0n) is 18.8. The van der Waals surface area contributed by atoms with Crippen LogP contribution in [0.2, 0.25) is 0 Å². The van der Waals surface area contributed by atoms with Crippen molar-refractivity contribution in [1.29, 1.82) is 0 Å². The summed E-state index contributed by atoms with van der Waals surface area (Å²) >= 11 is 1.26. The van der Waals surface area contributed by atoms with Crippen molar-refractivity contribution in [3.05, 3.63) is 36.2 Å². The smallest absolute Gasteiger partial charge is 0.237 e. The van der Waals surface area contributed by atoms with E-state index in [1.165, 1.54) is 11.8 Å². The quantitative estimate of drug-likeness (QED) is 0.382. The summed E-state index contributed by atoms with van der Waals surface area (Å²) in [4.78, 5) is 17.0. The summed E-state index contributed by atoms with van der Waals surface area (Å²) in [6.07, 6.45) is 6.46. The number of rotatable bonds is 8. The number of nitrogens with zero attached hydrogens (tertiary/aromatic N) is 1. The van der Waals surface area contributed by atoms with Gasteiger partial charge in [0.15, 0.2) is 0 Å². The zero-order chi connectivity index (χ0) is 23.3. The topological polar surface area (TPSA) is 124 Å². The van der Waals surface area contributed by atoms with Gasteiger partial charge in [0.25, 0.3) is 0 Å². The second kappa shape index (κ2) is 11.6. The summed E-state index contributed by atoms with van der Waals surface area (Å²) in [5, 5.41) is 37.2. The fourth-order valence-corrected chi connectivity index (χ4v) is 5.00. The van der Waals surface area contributed by atoms with Crippen LogP contribution in [0.5, 0.6) is 0 Å². The molecule has 0 saturated carbocycles. The molecule has 5 N–H and O–H groups in total. The van der Waals surface area contributed by atoms with Crippen molar-refractivity contribution in [3.8, 4) is 0 Å². The maximum atomic E-state index is 13.0. The lowest BCUT2D eigenvalue weighted by atomic mass is 9.88. The van der Waals surface area contributed by atoms with Crippen LogP contribution in [-0.2, 0) is 9.53 Å². The molecule has 1 aromatic heterocycles. The van der Waals surface area contributed by atoms with Crippen molar-refractivity contribution in [2.75, 3.05) is 12.8 Å². The van der Waals surface area contributed by atoms with E-state index in [2.05, 4.69) is 27.8 Å². The van der Waals surface area contributed by atoms with Crippen molar-refractivity contribution in [2.45, 2.75) is 68.6 Å². The number of carbonyl (C=O) groups excluding carboxylic acids is 1. The normalized spacial score (nSPS) is 34.2. The molecule has 0 aliphatic carbocycles. The van der Waals surface area contributed by atoms with E-state index in [9.17, 15) is 20.1 Å². The van der Waals surface area contributed by atoms with Gasteiger partial charge in [0, 0.05) is 12.4 Å². The highest BCUT2D eigenvalue weighted by atomic mass is 32.2. The SMILES string of the molecule is CSC1O[C@H]([C@H](NC(=O)[C@@H]2C[C@@H](C/C=C/c3ccncc3)CN2)C(C)C)[C@H](O)[C@H](O)[C@H]1O. The number of amides is 1. The van der Waals surface area contributed by atoms with Crippen LogP contribution in [0.3, 0.4) is 0 Å². The van der Waals surface area contributed by atoms with Crippen LogP contribution in [0.15, 0.2) is 30.6 Å². The molecule has 8 nitrogen and oxygen atoms in total. The van der Waals surface area contributed by atoms with E-state index < -0.39 is 35.9 Å². The second-order valence-corrected chi connectivity index (χ2v) is 9.87. The Bertz CT molecular complexity index is 763. The Kier molecular flexibility index (Phi) is 9.10. The number of aliphatic hydroxyl groups is 3. The fourth-order valence-electron chi connectivity index (χ4n) is 4.32. The lowest BCUT2D eigenvalue weighted by Gasteiger charge is -2.44. The Hall–Kier alpha value is -1.49. The first-order valence-corrected chi connectivity index (χ1v) is 12.4. The molecule has 2 saturated heterocycles. The van der Waals surface area contributed by atoms with Gasteiger partial charge in [-0.15, -0.1) is 11.8 Å². The number of thioether (sulfide) groups is 1. The van der Waals surface area contributed by atoms with Crippen LogP contribution in [0.25, 0.3) is 6.08 Å². The lowest BCUT2D eigenvalue weighted by Crippen LogP contribution is -2.64. The van der Waals surface area contributed by atoms with Crippen molar-refractivity contribution in [3.63, 3.8) is 0 Å². The number of carbonyl (C=O) groups is 1. The van der Waals surface area contributed by atoms with E-state index >= 15 is 0 Å². The van der Waals surface area contributed by atoms with E-state index in [4.69, 9.17) is 4.74 Å². The minimum absolute atomic E-state index is 0.0379. The van der Waals surface area contributed by atoms with Gasteiger partial charge >= 0.3 is 0 Å². The third kappa shape index (κ3) is 6.09. The van der Waals surface area contributed by atoms with E-state index in [1.807, 2.05) is 26.0 Å². The molecule has 3 heterocycles. The Morgan fingerprint density at radius 3 is 2.66 bits per heavy atom. The number of nitrogens with one attached hydrogen (secondary N) is 2. The Morgan fingerprint density at radius 1 is 1.28 bits per heavy atom. The highest BCUT2D eigenvalue weighted by molar-refractivity contribution is 7.99. The first-order chi connectivity index (χ1) is 15.3. The van der Waals surface area contributed by atoms with Gasteiger partial charge in [0.1, 0.15) is 29.9 Å². The van der Waals surface area contributed by atoms with Gasteiger partial charge < -0.3 is 30.7 Å². The van der Waals surface area contributed by atoms with Gasteiger partial charge in [-0.2, -0.15) is 0 Å². The Labute approximate surface area is 193 Å². The number of aliphatic hydroxyl groups excluding tert-OH is 3. The summed E-state index contributed by atoms with van der Waals surface area (Å²) in [5.74, 6) is 0.182. The average molecular weight is 466 g/mol. The molecule has 0 bridgehead atoms. The maximum absolute atomic E-state index is 13.0. The molecule has 32 heavy (non-hydrogen) atoms. The standard InChI is InChI=1S/C23H35N3O5S/c1-13(2)17(21-19(28)18(27)20(29)23(31-21)32-3)26-22(30)16-11-15(12-25-16)6-4-5-14-7-9-24-10-8-14/h4-5,7-10,13,15-21,23,25,27-29H,6,11-12H2,1-3H3,(H,26,30)/b5-4+/t15-,16+,17-,18+,19-,20-,21-,23?/m1/s1. The predicted molar refractivity (Wildman–Crippen MR) is 125 cm³/mol. The summed E-state index contributed by atoms with van der Waals surface area (Å²) in [7, 11) is 0. The minimum atomic E-state index is -1.33. The van der Waals surface area contributed by atoms with Crippen LogP contribution in [0.1, 0.15) is 32.3 Å². The van der Waals surface area contributed by atoms with E-state index in [0.29, 0.717) is 5.92 Å². The molecule has 1 amide bonds. The highest BCUT2D eigenvalue weighted by Crippen LogP contribution is 2.30. The summed E-state index contributed by atoms with van der Waals surface area (Å²) < 4.78 is 5.89. The molecule has 0 aromatic carbocycles. The van der Waals surface area contributed by atoms with Crippen LogP contribution in [-0.4, -0.2) is 80.9 Å². The van der Waals surface area contributed by atoms with Gasteiger partial charge in [-0.1, -0.05) is 26.0 Å². The fraction of sp³-hybridized carbons (Fsp3) is 0.652. The molecule has 0 radical (unpaired) electrons. The molecule has 1 aromatic rings. The maximum Gasteiger partial charge on any atom is 0.237 e. The largest absolute Gasteiger partial charge is 0.388 e. The average Bonchev–Trinajstić information content (AvgIpc) is 3.26. The minimum Gasteiger partial charge on any atom is -0.388 e. The third-order valence-electron chi connectivity index (χ3n) is 6.24. The molecule has 2 fully saturated rings. The predicted octanol–water partition coefficient (Wildman–Crippen LogP) is 0.774. The summed E-state index contributed by atoms with van der Waals surface area (Å²) in [6.45, 7) is 4.62.